The molecule has 0 aliphatic carbocycles. The zero-order valence-corrected chi connectivity index (χ0v) is 11.3. The number of nitrogens with zero attached hydrogens (tertiary/aromatic N) is 3. The fourth-order valence-electron chi connectivity index (χ4n) is 1.76. The van der Waals surface area contributed by atoms with Crippen molar-refractivity contribution in [2.24, 2.45) is 0 Å². The Morgan fingerprint density at radius 1 is 1.53 bits per heavy atom. The van der Waals surface area contributed by atoms with Gasteiger partial charge in [0.2, 0.25) is 0 Å². The van der Waals surface area contributed by atoms with E-state index in [4.69, 9.17) is 0 Å². The SMILES string of the molecule is Cc1cc(N(C[C@H](C)O)[C@@H](C)CO)ncc1[N+](=O)[O-]. The lowest BCUT2D eigenvalue weighted by molar-refractivity contribution is -0.385. The van der Waals surface area contributed by atoms with Crippen molar-refractivity contribution in [2.75, 3.05) is 18.1 Å². The summed E-state index contributed by atoms with van der Waals surface area (Å²) in [6, 6.07) is 1.36. The minimum atomic E-state index is -0.591. The van der Waals surface area contributed by atoms with Crippen LogP contribution in [0, 0.1) is 17.0 Å². The van der Waals surface area contributed by atoms with Gasteiger partial charge in [-0.15, -0.1) is 0 Å². The lowest BCUT2D eigenvalue weighted by Gasteiger charge is -2.30. The van der Waals surface area contributed by atoms with E-state index in [1.165, 1.54) is 6.20 Å². The Labute approximate surface area is 111 Å². The summed E-state index contributed by atoms with van der Waals surface area (Å²) in [4.78, 5) is 16.0. The predicted molar refractivity (Wildman–Crippen MR) is 71.2 cm³/mol. The summed E-state index contributed by atoms with van der Waals surface area (Å²) in [5.74, 6) is 0.505. The van der Waals surface area contributed by atoms with Crippen molar-refractivity contribution in [3.63, 3.8) is 0 Å². The number of rotatable bonds is 6. The van der Waals surface area contributed by atoms with Crippen LogP contribution < -0.4 is 4.90 Å². The molecular formula is C12H19N3O4. The van der Waals surface area contributed by atoms with Crippen LogP contribution in [0.1, 0.15) is 19.4 Å². The molecule has 0 saturated carbocycles. The maximum atomic E-state index is 10.7. The Morgan fingerprint density at radius 3 is 2.58 bits per heavy atom. The highest BCUT2D eigenvalue weighted by molar-refractivity contribution is 5.49. The van der Waals surface area contributed by atoms with Gasteiger partial charge in [-0.05, 0) is 26.8 Å². The molecule has 0 bridgehead atoms. The largest absolute Gasteiger partial charge is 0.394 e. The number of nitro groups is 1. The summed E-state index contributed by atoms with van der Waals surface area (Å²) in [6.07, 6.45) is 0.607. The van der Waals surface area contributed by atoms with Gasteiger partial charge in [-0.1, -0.05) is 0 Å². The smallest absolute Gasteiger partial charge is 0.290 e. The second kappa shape index (κ2) is 6.44. The van der Waals surface area contributed by atoms with Crippen LogP contribution >= 0.6 is 0 Å². The van der Waals surface area contributed by atoms with Gasteiger partial charge < -0.3 is 15.1 Å². The van der Waals surface area contributed by atoms with Crippen LogP contribution in [0.3, 0.4) is 0 Å². The zero-order valence-electron chi connectivity index (χ0n) is 11.3. The van der Waals surface area contributed by atoms with E-state index in [0.29, 0.717) is 17.9 Å². The number of aryl methyl sites for hydroxylation is 1. The Bertz CT molecular complexity index is 451. The molecule has 2 N–H and O–H groups in total. The number of aliphatic hydroxyl groups excluding tert-OH is 2. The van der Waals surface area contributed by atoms with E-state index < -0.39 is 11.0 Å². The number of pyridine rings is 1. The van der Waals surface area contributed by atoms with E-state index >= 15 is 0 Å². The van der Waals surface area contributed by atoms with Crippen molar-refractivity contribution in [2.45, 2.75) is 32.9 Å². The van der Waals surface area contributed by atoms with Crippen molar-refractivity contribution in [3.8, 4) is 0 Å². The molecule has 1 heterocycles. The van der Waals surface area contributed by atoms with Gasteiger partial charge in [0, 0.05) is 12.1 Å². The lowest BCUT2D eigenvalue weighted by Crippen LogP contribution is -2.40. The Kier molecular flexibility index (Phi) is 5.20. The summed E-state index contributed by atoms with van der Waals surface area (Å²) < 4.78 is 0. The first-order valence-electron chi connectivity index (χ1n) is 6.03. The number of hydrogen-bond acceptors (Lipinski definition) is 6. The van der Waals surface area contributed by atoms with E-state index in [1.807, 2.05) is 0 Å². The van der Waals surface area contributed by atoms with Crippen LogP contribution in [0.15, 0.2) is 12.3 Å². The molecule has 0 aliphatic heterocycles. The number of anilines is 1. The van der Waals surface area contributed by atoms with Crippen LogP contribution in [-0.2, 0) is 0 Å². The van der Waals surface area contributed by atoms with Crippen molar-refractivity contribution in [3.05, 3.63) is 27.9 Å². The van der Waals surface area contributed by atoms with Crippen molar-refractivity contribution < 1.29 is 15.1 Å². The molecule has 1 rings (SSSR count). The molecule has 0 saturated heterocycles. The van der Waals surface area contributed by atoms with Gasteiger partial charge in [0.25, 0.3) is 5.69 Å². The number of aliphatic hydroxyl groups is 2. The molecule has 0 radical (unpaired) electrons. The first kappa shape index (κ1) is 15.3. The Hall–Kier alpha value is -1.73. The van der Waals surface area contributed by atoms with Crippen molar-refractivity contribution >= 4 is 11.5 Å². The fourth-order valence-corrected chi connectivity index (χ4v) is 1.76. The van der Waals surface area contributed by atoms with Gasteiger partial charge in [0.15, 0.2) is 0 Å². The van der Waals surface area contributed by atoms with Crippen molar-refractivity contribution in [1.29, 1.82) is 0 Å². The fraction of sp³-hybridized carbons (Fsp3) is 0.583. The average Bonchev–Trinajstić information content (AvgIpc) is 2.34. The van der Waals surface area contributed by atoms with Crippen LogP contribution in [0.2, 0.25) is 0 Å². The van der Waals surface area contributed by atoms with E-state index in [1.54, 1.807) is 31.7 Å². The second-order valence-electron chi connectivity index (χ2n) is 4.62. The van der Waals surface area contributed by atoms with Crippen LogP contribution in [0.5, 0.6) is 0 Å². The predicted octanol–water partition coefficient (Wildman–Crippen LogP) is 0.866. The van der Waals surface area contributed by atoms with Gasteiger partial charge in [0.05, 0.1) is 23.7 Å². The summed E-state index contributed by atoms with van der Waals surface area (Å²) in [6.45, 7) is 5.26. The third kappa shape index (κ3) is 3.87. The topological polar surface area (TPSA) is 99.7 Å². The third-order valence-electron chi connectivity index (χ3n) is 2.82. The minimum Gasteiger partial charge on any atom is -0.394 e. The lowest BCUT2D eigenvalue weighted by atomic mass is 10.2. The minimum absolute atomic E-state index is 0.0441. The summed E-state index contributed by atoms with van der Waals surface area (Å²) >= 11 is 0. The van der Waals surface area contributed by atoms with Gasteiger partial charge in [-0.25, -0.2) is 4.98 Å². The molecule has 2 atom stereocenters. The highest BCUT2D eigenvalue weighted by atomic mass is 16.6. The van der Waals surface area contributed by atoms with E-state index in [0.717, 1.165) is 0 Å². The number of aromatic nitrogens is 1. The maximum Gasteiger partial charge on any atom is 0.290 e. The summed E-state index contributed by atoms with van der Waals surface area (Å²) in [5.41, 5.74) is 0.452. The van der Waals surface area contributed by atoms with E-state index in [-0.39, 0.29) is 18.3 Å². The molecule has 7 heteroatoms. The van der Waals surface area contributed by atoms with E-state index in [9.17, 15) is 20.3 Å². The summed E-state index contributed by atoms with van der Waals surface area (Å²) in [7, 11) is 0. The van der Waals surface area contributed by atoms with Gasteiger partial charge in [0.1, 0.15) is 12.0 Å². The molecule has 0 fully saturated rings. The number of hydrogen-bond donors (Lipinski definition) is 2. The average molecular weight is 269 g/mol. The van der Waals surface area contributed by atoms with Crippen molar-refractivity contribution in [1.82, 2.24) is 4.98 Å². The molecule has 7 nitrogen and oxygen atoms in total. The zero-order chi connectivity index (χ0) is 14.6. The maximum absolute atomic E-state index is 10.7. The van der Waals surface area contributed by atoms with Gasteiger partial charge in [-0.2, -0.15) is 0 Å². The van der Waals surface area contributed by atoms with Gasteiger partial charge >= 0.3 is 0 Å². The quantitative estimate of drug-likeness (QED) is 0.587. The summed E-state index contributed by atoms with van der Waals surface area (Å²) in [5, 5.41) is 29.5. The monoisotopic (exact) mass is 269 g/mol. The first-order valence-corrected chi connectivity index (χ1v) is 6.03. The normalized spacial score (nSPS) is 13.9. The second-order valence-corrected chi connectivity index (χ2v) is 4.62. The molecule has 0 aliphatic rings. The highest BCUT2D eigenvalue weighted by Crippen LogP contribution is 2.22. The molecule has 0 amide bonds. The Balaban J connectivity index is 3.09. The molecule has 1 aromatic rings. The molecule has 1 aromatic heterocycles. The molecule has 0 unspecified atom stereocenters. The third-order valence-corrected chi connectivity index (χ3v) is 2.82. The standard InChI is InChI=1S/C12H19N3O4/c1-8-4-12(13-5-11(8)15(18)19)14(6-10(3)17)9(2)7-16/h4-5,9-10,16-17H,6-7H2,1-3H3/t9-,10-/m0/s1. The van der Waals surface area contributed by atoms with E-state index in [2.05, 4.69) is 4.98 Å². The first-order chi connectivity index (χ1) is 8.86. The molecule has 0 aromatic carbocycles. The van der Waals surface area contributed by atoms with Crippen LogP contribution in [0.4, 0.5) is 11.5 Å². The molecule has 106 valence electrons. The molecule has 0 spiro atoms. The van der Waals surface area contributed by atoms with Crippen LogP contribution in [0.25, 0.3) is 0 Å². The van der Waals surface area contributed by atoms with Crippen LogP contribution in [-0.4, -0.2) is 45.4 Å². The highest BCUT2D eigenvalue weighted by Gasteiger charge is 2.20. The molecular weight excluding hydrogens is 250 g/mol. The molecule has 19 heavy (non-hydrogen) atoms. The Morgan fingerprint density at radius 2 is 2.16 bits per heavy atom. The van der Waals surface area contributed by atoms with Gasteiger partial charge in [-0.3, -0.25) is 10.1 Å².